The number of hydrogen-bond donors (Lipinski definition) is 2. The molecule has 1 aromatic heterocycles. The minimum atomic E-state index is -0.0382. The smallest absolute Gasteiger partial charge is 0.243 e. The van der Waals surface area contributed by atoms with E-state index in [-0.39, 0.29) is 18.5 Å². The van der Waals surface area contributed by atoms with Crippen LogP contribution >= 0.6 is 11.6 Å². The van der Waals surface area contributed by atoms with E-state index in [4.69, 9.17) is 16.3 Å². The van der Waals surface area contributed by atoms with Crippen LogP contribution in [-0.2, 0) is 9.53 Å². The van der Waals surface area contributed by atoms with Crippen molar-refractivity contribution in [1.29, 1.82) is 0 Å². The summed E-state index contributed by atoms with van der Waals surface area (Å²) < 4.78 is 5.37. The maximum atomic E-state index is 11.9. The van der Waals surface area contributed by atoms with E-state index in [0.29, 0.717) is 24.2 Å². The summed E-state index contributed by atoms with van der Waals surface area (Å²) in [5, 5.41) is 7.38. The van der Waals surface area contributed by atoms with E-state index in [9.17, 15) is 4.79 Å². The Morgan fingerprint density at radius 1 is 1.50 bits per heavy atom. The van der Waals surface area contributed by atoms with Crippen LogP contribution in [0, 0.1) is 0 Å². The molecule has 1 amide bonds. The lowest BCUT2D eigenvalue weighted by Gasteiger charge is -2.20. The lowest BCUT2D eigenvalue weighted by atomic mass is 10.3. The molecule has 1 unspecified atom stereocenters. The molecule has 1 aliphatic heterocycles. The molecule has 1 aromatic rings. The quantitative estimate of drug-likeness (QED) is 0.363. The van der Waals surface area contributed by atoms with Crippen LogP contribution in [-0.4, -0.2) is 81.3 Å². The topological polar surface area (TPSA) is 82.1 Å². The Morgan fingerprint density at radius 3 is 3.04 bits per heavy atom. The highest BCUT2D eigenvalue weighted by Crippen LogP contribution is 2.25. The van der Waals surface area contributed by atoms with Crippen molar-refractivity contribution in [3.8, 4) is 0 Å². The van der Waals surface area contributed by atoms with Crippen LogP contribution in [0.3, 0.4) is 0 Å². The van der Waals surface area contributed by atoms with E-state index in [2.05, 4.69) is 25.5 Å². The van der Waals surface area contributed by atoms with Gasteiger partial charge in [-0.05, 0) is 31.9 Å². The molecule has 1 saturated heterocycles. The van der Waals surface area contributed by atoms with Crippen molar-refractivity contribution in [1.82, 2.24) is 20.5 Å². The molecule has 0 aliphatic carbocycles. The third-order valence-electron chi connectivity index (χ3n) is 4.40. The van der Waals surface area contributed by atoms with Gasteiger partial charge < -0.3 is 25.2 Å². The summed E-state index contributed by atoms with van der Waals surface area (Å²) in [6.45, 7) is 5.86. The summed E-state index contributed by atoms with van der Waals surface area (Å²) in [6, 6.07) is 3.88. The Bertz CT molecular complexity index is 655. The Balaban J connectivity index is 1.92. The number of ether oxygens (including phenoxy) is 1. The molecule has 0 aromatic carbocycles. The summed E-state index contributed by atoms with van der Waals surface area (Å²) in [7, 11) is 3.46. The molecule has 28 heavy (non-hydrogen) atoms. The maximum Gasteiger partial charge on any atom is 0.243 e. The standard InChI is InChI=1S/C19H31ClN6O2/c1-4-28-12-6-10-22-19(23-13-17(27)25(2)3)24-15-8-11-26(14-15)18-16(20)7-5-9-21-18/h5,7,9,15H,4,6,8,10-14H2,1-3H3,(H2,22,23,24). The summed E-state index contributed by atoms with van der Waals surface area (Å²) >= 11 is 6.27. The van der Waals surface area contributed by atoms with Gasteiger partial charge in [-0.1, -0.05) is 11.6 Å². The molecule has 0 spiro atoms. The average molecular weight is 411 g/mol. The molecular formula is C19H31ClN6O2. The van der Waals surface area contributed by atoms with Crippen molar-refractivity contribution in [3.63, 3.8) is 0 Å². The van der Waals surface area contributed by atoms with E-state index in [1.807, 2.05) is 19.1 Å². The van der Waals surface area contributed by atoms with Crippen LogP contribution < -0.4 is 15.5 Å². The van der Waals surface area contributed by atoms with Crippen molar-refractivity contribution in [3.05, 3.63) is 23.4 Å². The van der Waals surface area contributed by atoms with Crippen LogP contribution in [0.15, 0.2) is 23.3 Å². The molecular weight excluding hydrogens is 380 g/mol. The number of hydrogen-bond acceptors (Lipinski definition) is 5. The molecule has 9 heteroatoms. The highest BCUT2D eigenvalue weighted by atomic mass is 35.5. The second-order valence-electron chi connectivity index (χ2n) is 6.82. The fourth-order valence-electron chi connectivity index (χ4n) is 2.84. The molecule has 1 aliphatic rings. The van der Waals surface area contributed by atoms with Crippen LogP contribution in [0.4, 0.5) is 5.82 Å². The Labute approximate surface area is 172 Å². The SMILES string of the molecule is CCOCCCNC(=NCC(=O)N(C)C)NC1CCN(c2ncccc2Cl)C1. The molecule has 0 saturated carbocycles. The van der Waals surface area contributed by atoms with Crippen LogP contribution in [0.2, 0.25) is 5.02 Å². The van der Waals surface area contributed by atoms with Gasteiger partial charge in [0.15, 0.2) is 5.96 Å². The van der Waals surface area contributed by atoms with Gasteiger partial charge in [0.25, 0.3) is 0 Å². The molecule has 8 nitrogen and oxygen atoms in total. The normalized spacial score (nSPS) is 16.9. The lowest BCUT2D eigenvalue weighted by molar-refractivity contribution is -0.127. The highest BCUT2D eigenvalue weighted by molar-refractivity contribution is 6.32. The van der Waals surface area contributed by atoms with Gasteiger partial charge in [-0.2, -0.15) is 0 Å². The van der Waals surface area contributed by atoms with E-state index >= 15 is 0 Å². The number of nitrogens with one attached hydrogen (secondary N) is 2. The summed E-state index contributed by atoms with van der Waals surface area (Å²) in [4.78, 5) is 24.4. The number of halogens is 1. The maximum absolute atomic E-state index is 11.9. The minimum Gasteiger partial charge on any atom is -0.382 e. The molecule has 1 fully saturated rings. The number of aliphatic imine (C=N–C) groups is 1. The lowest BCUT2D eigenvalue weighted by Crippen LogP contribution is -2.45. The Morgan fingerprint density at radius 2 is 2.32 bits per heavy atom. The van der Waals surface area contributed by atoms with Crippen LogP contribution in [0.1, 0.15) is 19.8 Å². The van der Waals surface area contributed by atoms with E-state index < -0.39 is 0 Å². The highest BCUT2D eigenvalue weighted by Gasteiger charge is 2.25. The van der Waals surface area contributed by atoms with Gasteiger partial charge in [-0.3, -0.25) is 4.79 Å². The zero-order chi connectivity index (χ0) is 20.4. The van der Waals surface area contributed by atoms with E-state index in [1.165, 1.54) is 4.90 Å². The Hall–Kier alpha value is -2.06. The third kappa shape index (κ3) is 7.16. The largest absolute Gasteiger partial charge is 0.382 e. The van der Waals surface area contributed by atoms with E-state index in [0.717, 1.165) is 38.3 Å². The zero-order valence-corrected chi connectivity index (χ0v) is 17.7. The number of aromatic nitrogens is 1. The number of amides is 1. The number of pyridine rings is 1. The van der Waals surface area contributed by atoms with Gasteiger partial charge in [0, 0.05) is 59.2 Å². The predicted molar refractivity (Wildman–Crippen MR) is 113 cm³/mol. The number of guanidine groups is 1. The van der Waals surface area contributed by atoms with Crippen molar-refractivity contribution in [2.45, 2.75) is 25.8 Å². The number of carbonyl (C=O) groups excluding carboxylic acids is 1. The van der Waals surface area contributed by atoms with Gasteiger partial charge in [0.05, 0.1) is 5.02 Å². The van der Waals surface area contributed by atoms with Crippen molar-refractivity contribution < 1.29 is 9.53 Å². The first-order chi connectivity index (χ1) is 13.5. The molecule has 2 heterocycles. The number of likely N-dealkylation sites (N-methyl/N-ethyl adjacent to an activating group) is 1. The second kappa shape index (κ2) is 11.7. The summed E-state index contributed by atoms with van der Waals surface area (Å²) in [6.07, 6.45) is 3.56. The van der Waals surface area contributed by atoms with Crippen molar-refractivity contribution in [2.24, 2.45) is 4.99 Å². The summed E-state index contributed by atoms with van der Waals surface area (Å²) in [5.74, 6) is 1.41. The Kier molecular flexibility index (Phi) is 9.30. The van der Waals surface area contributed by atoms with Crippen LogP contribution in [0.5, 0.6) is 0 Å². The van der Waals surface area contributed by atoms with E-state index in [1.54, 1.807) is 20.3 Å². The molecule has 2 rings (SSSR count). The number of anilines is 1. The third-order valence-corrected chi connectivity index (χ3v) is 4.70. The van der Waals surface area contributed by atoms with Gasteiger partial charge in [0.1, 0.15) is 12.4 Å². The van der Waals surface area contributed by atoms with Gasteiger partial charge in [-0.25, -0.2) is 9.98 Å². The number of rotatable bonds is 9. The predicted octanol–water partition coefficient (Wildman–Crippen LogP) is 1.36. The number of carbonyl (C=O) groups is 1. The molecule has 2 N–H and O–H groups in total. The first kappa shape index (κ1) is 22.2. The molecule has 0 bridgehead atoms. The van der Waals surface area contributed by atoms with Gasteiger partial charge >= 0.3 is 0 Å². The first-order valence-electron chi connectivity index (χ1n) is 9.69. The monoisotopic (exact) mass is 410 g/mol. The second-order valence-corrected chi connectivity index (χ2v) is 7.22. The fraction of sp³-hybridized carbons (Fsp3) is 0.632. The molecule has 156 valence electrons. The molecule has 0 radical (unpaired) electrons. The minimum absolute atomic E-state index is 0.0382. The average Bonchev–Trinajstić information content (AvgIpc) is 3.13. The zero-order valence-electron chi connectivity index (χ0n) is 16.9. The van der Waals surface area contributed by atoms with Gasteiger partial charge in [0.2, 0.25) is 5.91 Å². The van der Waals surface area contributed by atoms with Crippen molar-refractivity contribution in [2.75, 3.05) is 58.4 Å². The number of nitrogens with zero attached hydrogens (tertiary/aromatic N) is 4. The fourth-order valence-corrected chi connectivity index (χ4v) is 3.08. The van der Waals surface area contributed by atoms with Crippen LogP contribution in [0.25, 0.3) is 0 Å². The summed E-state index contributed by atoms with van der Waals surface area (Å²) in [5.41, 5.74) is 0. The first-order valence-corrected chi connectivity index (χ1v) is 10.1. The van der Waals surface area contributed by atoms with Gasteiger partial charge in [-0.15, -0.1) is 0 Å². The van der Waals surface area contributed by atoms with Crippen molar-refractivity contribution >= 4 is 29.3 Å². The molecule has 1 atom stereocenters.